The molecule has 1 aromatic rings. The van der Waals surface area contributed by atoms with Gasteiger partial charge in [0.05, 0.1) is 5.56 Å². The Bertz CT molecular complexity index is 460. The highest BCUT2D eigenvalue weighted by Crippen LogP contribution is 2.30. The Balaban J connectivity index is 3.22. The summed E-state index contributed by atoms with van der Waals surface area (Å²) in [5.74, 6) is -0.259. The van der Waals surface area contributed by atoms with Crippen LogP contribution in [0.25, 0.3) is 0 Å². The fourth-order valence-electron chi connectivity index (χ4n) is 1.81. The molecule has 0 aromatic heterocycles. The van der Waals surface area contributed by atoms with Crippen molar-refractivity contribution in [3.05, 3.63) is 28.2 Å². The molecule has 0 saturated heterocycles. The molecule has 0 aliphatic carbocycles. The molecule has 0 unspecified atom stereocenters. The highest BCUT2D eigenvalue weighted by atomic mass is 79.9. The minimum atomic E-state index is -4.30. The van der Waals surface area contributed by atoms with E-state index < -0.39 is 12.7 Å². The van der Waals surface area contributed by atoms with Crippen LogP contribution in [-0.4, -0.2) is 25.1 Å². The first kappa shape index (κ1) is 15.8. The Labute approximate surface area is 118 Å². The van der Waals surface area contributed by atoms with Gasteiger partial charge in [-0.2, -0.15) is 13.2 Å². The van der Waals surface area contributed by atoms with Gasteiger partial charge in [-0.1, -0.05) is 13.0 Å². The third-order valence-electron chi connectivity index (χ3n) is 2.47. The third kappa shape index (κ3) is 4.41. The van der Waals surface area contributed by atoms with Crippen molar-refractivity contribution in [2.24, 2.45) is 5.73 Å². The molecule has 3 N–H and O–H groups in total. The normalized spacial score (nSPS) is 11.4. The molecule has 19 heavy (non-hydrogen) atoms. The first-order valence-electron chi connectivity index (χ1n) is 5.71. The number of alkyl halides is 3. The summed E-state index contributed by atoms with van der Waals surface area (Å²) in [6.45, 7) is 0.989. The van der Waals surface area contributed by atoms with Crippen LogP contribution in [0.15, 0.2) is 22.7 Å². The van der Waals surface area contributed by atoms with Crippen LogP contribution >= 0.6 is 15.9 Å². The van der Waals surface area contributed by atoms with Gasteiger partial charge < -0.3 is 10.6 Å². The summed E-state index contributed by atoms with van der Waals surface area (Å²) < 4.78 is 38.3. The summed E-state index contributed by atoms with van der Waals surface area (Å²) in [7, 11) is 0. The SMILES string of the molecule is CCCN(CC(F)(F)F)c1cccc(Br)c1C(=N)N. The number of hydrogen-bond donors (Lipinski definition) is 2. The molecule has 3 nitrogen and oxygen atoms in total. The largest absolute Gasteiger partial charge is 0.405 e. The number of rotatable bonds is 5. The van der Waals surface area contributed by atoms with Crippen molar-refractivity contribution in [3.8, 4) is 0 Å². The van der Waals surface area contributed by atoms with Gasteiger partial charge in [0, 0.05) is 16.7 Å². The summed E-state index contributed by atoms with van der Waals surface area (Å²) in [5.41, 5.74) is 6.07. The number of anilines is 1. The molecule has 0 saturated carbocycles. The molecule has 1 aromatic carbocycles. The fourth-order valence-corrected chi connectivity index (χ4v) is 2.38. The van der Waals surface area contributed by atoms with Gasteiger partial charge in [-0.15, -0.1) is 0 Å². The Hall–Kier alpha value is -1.24. The monoisotopic (exact) mass is 337 g/mol. The standard InChI is InChI=1S/C12H15BrF3N3/c1-2-6-19(7-12(14,15)16)9-5-3-4-8(13)10(9)11(17)18/h3-5H,2,6-7H2,1H3,(H3,17,18). The Morgan fingerprint density at radius 1 is 1.42 bits per heavy atom. The zero-order valence-corrected chi connectivity index (χ0v) is 12.0. The molecule has 0 heterocycles. The van der Waals surface area contributed by atoms with Gasteiger partial charge in [0.2, 0.25) is 0 Å². The van der Waals surface area contributed by atoms with Crippen molar-refractivity contribution in [1.82, 2.24) is 0 Å². The van der Waals surface area contributed by atoms with E-state index in [1.165, 1.54) is 4.90 Å². The smallest absolute Gasteiger partial charge is 0.384 e. The second kappa shape index (κ2) is 6.27. The van der Waals surface area contributed by atoms with Crippen molar-refractivity contribution >= 4 is 27.5 Å². The summed E-state index contributed by atoms with van der Waals surface area (Å²) >= 11 is 3.22. The maximum atomic E-state index is 12.6. The molecule has 0 aliphatic heterocycles. The van der Waals surface area contributed by atoms with E-state index in [1.54, 1.807) is 25.1 Å². The van der Waals surface area contributed by atoms with Crippen LogP contribution in [-0.2, 0) is 0 Å². The molecule has 1 rings (SSSR count). The van der Waals surface area contributed by atoms with Crippen molar-refractivity contribution in [2.75, 3.05) is 18.0 Å². The lowest BCUT2D eigenvalue weighted by molar-refractivity contribution is -0.119. The van der Waals surface area contributed by atoms with E-state index in [4.69, 9.17) is 11.1 Å². The van der Waals surface area contributed by atoms with Crippen molar-refractivity contribution in [1.29, 1.82) is 5.41 Å². The van der Waals surface area contributed by atoms with Crippen LogP contribution in [0.5, 0.6) is 0 Å². The van der Waals surface area contributed by atoms with Gasteiger partial charge in [-0.05, 0) is 34.5 Å². The van der Waals surface area contributed by atoms with Gasteiger partial charge in [0.1, 0.15) is 12.4 Å². The maximum absolute atomic E-state index is 12.6. The Kier molecular flexibility index (Phi) is 5.22. The van der Waals surface area contributed by atoms with Crippen molar-refractivity contribution in [3.63, 3.8) is 0 Å². The van der Waals surface area contributed by atoms with Gasteiger partial charge in [-0.3, -0.25) is 5.41 Å². The summed E-state index contributed by atoms with van der Waals surface area (Å²) in [6, 6.07) is 4.83. The quantitative estimate of drug-likeness (QED) is 0.638. The third-order valence-corrected chi connectivity index (χ3v) is 3.13. The van der Waals surface area contributed by atoms with E-state index in [0.29, 0.717) is 22.1 Å². The van der Waals surface area contributed by atoms with Crippen molar-refractivity contribution in [2.45, 2.75) is 19.5 Å². The number of benzene rings is 1. The highest BCUT2D eigenvalue weighted by Gasteiger charge is 2.31. The molecule has 106 valence electrons. The van der Waals surface area contributed by atoms with E-state index in [0.717, 1.165) is 0 Å². The zero-order valence-electron chi connectivity index (χ0n) is 10.4. The number of nitrogens with zero attached hydrogens (tertiary/aromatic N) is 1. The summed E-state index contributed by atoms with van der Waals surface area (Å²) in [4.78, 5) is 1.20. The molecule has 0 spiro atoms. The fraction of sp³-hybridized carbons (Fsp3) is 0.417. The number of nitrogen functional groups attached to an aromatic ring is 1. The molecule has 0 radical (unpaired) electrons. The van der Waals surface area contributed by atoms with E-state index in [1.807, 2.05) is 0 Å². The molecule has 0 fully saturated rings. The predicted octanol–water partition coefficient (Wildman–Crippen LogP) is 3.51. The number of hydrogen-bond acceptors (Lipinski definition) is 2. The molecule has 7 heteroatoms. The average Bonchev–Trinajstić information content (AvgIpc) is 2.25. The number of nitrogens with one attached hydrogen (secondary N) is 1. The number of halogens is 4. The predicted molar refractivity (Wildman–Crippen MR) is 73.7 cm³/mol. The maximum Gasteiger partial charge on any atom is 0.405 e. The van der Waals surface area contributed by atoms with Crippen molar-refractivity contribution < 1.29 is 13.2 Å². The van der Waals surface area contributed by atoms with Gasteiger partial charge in [0.15, 0.2) is 0 Å². The van der Waals surface area contributed by atoms with Crippen LogP contribution in [0, 0.1) is 5.41 Å². The van der Waals surface area contributed by atoms with Gasteiger partial charge >= 0.3 is 6.18 Å². The van der Waals surface area contributed by atoms with Crippen LogP contribution < -0.4 is 10.6 Å². The lowest BCUT2D eigenvalue weighted by Crippen LogP contribution is -2.36. The molecular formula is C12H15BrF3N3. The van der Waals surface area contributed by atoms with Crippen LogP contribution in [0.4, 0.5) is 18.9 Å². The summed E-state index contributed by atoms with van der Waals surface area (Å²) in [5, 5.41) is 7.51. The second-order valence-corrected chi connectivity index (χ2v) is 4.94. The van der Waals surface area contributed by atoms with Crippen LogP contribution in [0.3, 0.4) is 0 Å². The van der Waals surface area contributed by atoms with Gasteiger partial charge in [0.25, 0.3) is 0 Å². The Morgan fingerprint density at radius 3 is 2.53 bits per heavy atom. The lowest BCUT2D eigenvalue weighted by atomic mass is 10.1. The van der Waals surface area contributed by atoms with E-state index >= 15 is 0 Å². The molecule has 0 atom stereocenters. The second-order valence-electron chi connectivity index (χ2n) is 4.08. The first-order chi connectivity index (χ1) is 8.76. The molecule has 0 amide bonds. The van der Waals surface area contributed by atoms with Crippen LogP contribution in [0.1, 0.15) is 18.9 Å². The lowest BCUT2D eigenvalue weighted by Gasteiger charge is -2.27. The highest BCUT2D eigenvalue weighted by molar-refractivity contribution is 9.10. The minimum Gasteiger partial charge on any atom is -0.384 e. The molecule has 0 bridgehead atoms. The molecular weight excluding hydrogens is 323 g/mol. The van der Waals surface area contributed by atoms with Gasteiger partial charge in [-0.25, -0.2) is 0 Å². The molecule has 0 aliphatic rings. The van der Waals surface area contributed by atoms with E-state index in [-0.39, 0.29) is 12.4 Å². The first-order valence-corrected chi connectivity index (χ1v) is 6.50. The average molecular weight is 338 g/mol. The summed E-state index contributed by atoms with van der Waals surface area (Å²) in [6.07, 6.45) is -3.73. The zero-order chi connectivity index (χ0) is 14.6. The Morgan fingerprint density at radius 2 is 2.05 bits per heavy atom. The minimum absolute atomic E-state index is 0.246. The topological polar surface area (TPSA) is 53.1 Å². The number of nitrogens with two attached hydrogens (primary N) is 1. The van der Waals surface area contributed by atoms with E-state index in [2.05, 4.69) is 15.9 Å². The van der Waals surface area contributed by atoms with E-state index in [9.17, 15) is 13.2 Å². The number of amidine groups is 1. The van der Waals surface area contributed by atoms with Crippen LogP contribution in [0.2, 0.25) is 0 Å².